The second-order valence-electron chi connectivity index (χ2n) is 3.08. The molecular weight excluding hydrogens is 236 g/mol. The Bertz CT molecular complexity index is 235. The van der Waals surface area contributed by atoms with Crippen LogP contribution in [0.25, 0.3) is 0 Å². The summed E-state index contributed by atoms with van der Waals surface area (Å²) in [5, 5.41) is 4.28. The Morgan fingerprint density at radius 1 is 1.67 bits per heavy atom. The van der Waals surface area contributed by atoms with Gasteiger partial charge in [-0.25, -0.2) is 4.98 Å². The lowest BCUT2D eigenvalue weighted by Crippen LogP contribution is -2.03. The van der Waals surface area contributed by atoms with Gasteiger partial charge in [0.25, 0.3) is 0 Å². The van der Waals surface area contributed by atoms with E-state index in [0.717, 1.165) is 21.4 Å². The van der Waals surface area contributed by atoms with Gasteiger partial charge >= 0.3 is 0 Å². The van der Waals surface area contributed by atoms with Crippen LogP contribution in [0.3, 0.4) is 0 Å². The Balaban J connectivity index is 2.24. The number of thiazole rings is 1. The van der Waals surface area contributed by atoms with Crippen molar-refractivity contribution in [3.8, 4) is 0 Å². The van der Waals surface area contributed by atoms with Gasteiger partial charge in [-0.2, -0.15) is 0 Å². The number of hydrogen-bond donors (Lipinski definition) is 1. The molecule has 0 bridgehead atoms. The average molecular weight is 249 g/mol. The molecule has 1 rings (SSSR count). The Morgan fingerprint density at radius 2 is 2.42 bits per heavy atom. The largest absolute Gasteiger partial charge is 0.361 e. The summed E-state index contributed by atoms with van der Waals surface area (Å²) in [7, 11) is 0. The summed E-state index contributed by atoms with van der Waals surface area (Å²) in [6, 6.07) is 0. The zero-order valence-electron chi connectivity index (χ0n) is 7.30. The van der Waals surface area contributed by atoms with E-state index in [1.165, 1.54) is 6.42 Å². The highest BCUT2D eigenvalue weighted by Gasteiger charge is 1.98. The van der Waals surface area contributed by atoms with Crippen molar-refractivity contribution in [1.82, 2.24) is 4.98 Å². The maximum Gasteiger partial charge on any atom is 0.183 e. The standard InChI is InChI=1S/C8H13BrN2S/c1-6(2)3-4-10-8-11-5-7(9)12-8/h5-6H,3-4H2,1-2H3,(H,10,11). The first-order chi connectivity index (χ1) is 5.68. The quantitative estimate of drug-likeness (QED) is 0.884. The smallest absolute Gasteiger partial charge is 0.183 e. The number of anilines is 1. The fraction of sp³-hybridized carbons (Fsp3) is 0.625. The normalized spacial score (nSPS) is 10.7. The molecule has 0 spiro atoms. The number of rotatable bonds is 4. The third kappa shape index (κ3) is 3.54. The van der Waals surface area contributed by atoms with E-state index in [4.69, 9.17) is 0 Å². The Kier molecular flexibility index (Phi) is 4.01. The maximum atomic E-state index is 4.17. The first-order valence-electron chi connectivity index (χ1n) is 4.03. The number of nitrogens with zero attached hydrogens (tertiary/aromatic N) is 1. The van der Waals surface area contributed by atoms with Gasteiger partial charge < -0.3 is 5.32 Å². The van der Waals surface area contributed by atoms with Crippen molar-refractivity contribution in [2.75, 3.05) is 11.9 Å². The molecule has 0 radical (unpaired) electrons. The van der Waals surface area contributed by atoms with E-state index in [1.807, 2.05) is 6.20 Å². The highest BCUT2D eigenvalue weighted by Crippen LogP contribution is 2.22. The zero-order chi connectivity index (χ0) is 8.97. The van der Waals surface area contributed by atoms with Crippen LogP contribution in [0.4, 0.5) is 5.13 Å². The minimum atomic E-state index is 0.751. The van der Waals surface area contributed by atoms with E-state index in [1.54, 1.807) is 11.3 Å². The minimum Gasteiger partial charge on any atom is -0.361 e. The van der Waals surface area contributed by atoms with Gasteiger partial charge in [0, 0.05) is 6.54 Å². The van der Waals surface area contributed by atoms with Crippen molar-refractivity contribution in [1.29, 1.82) is 0 Å². The van der Waals surface area contributed by atoms with Crippen molar-refractivity contribution < 1.29 is 0 Å². The summed E-state index contributed by atoms with van der Waals surface area (Å²) in [6.07, 6.45) is 3.01. The van der Waals surface area contributed by atoms with Crippen LogP contribution in [0.5, 0.6) is 0 Å². The summed E-state index contributed by atoms with van der Waals surface area (Å²) in [5.41, 5.74) is 0. The maximum absolute atomic E-state index is 4.17. The number of nitrogens with one attached hydrogen (secondary N) is 1. The molecule has 0 fully saturated rings. The molecule has 0 aliphatic rings. The lowest BCUT2D eigenvalue weighted by Gasteiger charge is -2.04. The molecule has 68 valence electrons. The highest BCUT2D eigenvalue weighted by atomic mass is 79.9. The SMILES string of the molecule is CC(C)CCNc1ncc(Br)s1. The highest BCUT2D eigenvalue weighted by molar-refractivity contribution is 9.11. The van der Waals surface area contributed by atoms with Gasteiger partial charge in [-0.15, -0.1) is 0 Å². The van der Waals surface area contributed by atoms with Crippen molar-refractivity contribution in [2.24, 2.45) is 5.92 Å². The molecule has 0 saturated heterocycles. The van der Waals surface area contributed by atoms with Gasteiger partial charge in [-0.05, 0) is 28.3 Å². The van der Waals surface area contributed by atoms with Crippen molar-refractivity contribution in [3.63, 3.8) is 0 Å². The van der Waals surface area contributed by atoms with E-state index in [9.17, 15) is 0 Å². The van der Waals surface area contributed by atoms with Gasteiger partial charge in [0.2, 0.25) is 0 Å². The molecule has 0 saturated carbocycles. The average Bonchev–Trinajstić information content (AvgIpc) is 2.35. The monoisotopic (exact) mass is 248 g/mol. The lowest BCUT2D eigenvalue weighted by atomic mass is 10.1. The summed E-state index contributed by atoms with van der Waals surface area (Å²) >= 11 is 5.00. The van der Waals surface area contributed by atoms with Gasteiger partial charge in [0.15, 0.2) is 5.13 Å². The topological polar surface area (TPSA) is 24.9 Å². The number of hydrogen-bond acceptors (Lipinski definition) is 3. The van der Waals surface area contributed by atoms with Crippen LogP contribution in [0.2, 0.25) is 0 Å². The Morgan fingerprint density at radius 3 is 2.92 bits per heavy atom. The van der Waals surface area contributed by atoms with Crippen molar-refractivity contribution in [3.05, 3.63) is 9.98 Å². The number of aromatic nitrogens is 1. The molecule has 0 aromatic carbocycles. The Labute approximate surface area is 85.5 Å². The van der Waals surface area contributed by atoms with Crippen LogP contribution >= 0.6 is 27.3 Å². The molecule has 1 aromatic rings. The molecule has 4 heteroatoms. The molecule has 0 amide bonds. The summed E-state index contributed by atoms with van der Waals surface area (Å²) in [4.78, 5) is 4.17. The van der Waals surface area contributed by atoms with Crippen LogP contribution in [0, 0.1) is 5.92 Å². The van der Waals surface area contributed by atoms with Crippen molar-refractivity contribution >= 4 is 32.4 Å². The van der Waals surface area contributed by atoms with E-state index >= 15 is 0 Å². The molecular formula is C8H13BrN2S. The Hall–Kier alpha value is -0.0900. The van der Waals surface area contributed by atoms with Crippen LogP contribution in [-0.4, -0.2) is 11.5 Å². The molecule has 0 unspecified atom stereocenters. The first-order valence-corrected chi connectivity index (χ1v) is 5.64. The minimum absolute atomic E-state index is 0.751. The van der Waals surface area contributed by atoms with Crippen molar-refractivity contribution in [2.45, 2.75) is 20.3 Å². The summed E-state index contributed by atoms with van der Waals surface area (Å²) in [5.74, 6) is 0.751. The molecule has 1 heterocycles. The van der Waals surface area contributed by atoms with E-state index < -0.39 is 0 Å². The third-order valence-corrected chi connectivity index (χ3v) is 2.91. The first kappa shape index (κ1) is 9.99. The molecule has 1 aromatic heterocycles. The molecule has 12 heavy (non-hydrogen) atoms. The van der Waals surface area contributed by atoms with Crippen LogP contribution in [-0.2, 0) is 0 Å². The van der Waals surface area contributed by atoms with Crippen LogP contribution in [0.15, 0.2) is 9.98 Å². The van der Waals surface area contributed by atoms with Gasteiger partial charge in [0.05, 0.1) is 9.98 Å². The van der Waals surface area contributed by atoms with Gasteiger partial charge in [0.1, 0.15) is 0 Å². The summed E-state index contributed by atoms with van der Waals surface area (Å²) < 4.78 is 1.08. The fourth-order valence-electron chi connectivity index (χ4n) is 0.804. The number of halogens is 1. The van der Waals surface area contributed by atoms with Gasteiger partial charge in [-0.3, -0.25) is 0 Å². The predicted molar refractivity (Wildman–Crippen MR) is 57.8 cm³/mol. The molecule has 2 nitrogen and oxygen atoms in total. The molecule has 1 N–H and O–H groups in total. The van der Waals surface area contributed by atoms with Crippen LogP contribution in [0.1, 0.15) is 20.3 Å². The fourth-order valence-corrected chi connectivity index (χ4v) is 1.94. The second-order valence-corrected chi connectivity index (χ2v) is 5.49. The summed E-state index contributed by atoms with van der Waals surface area (Å²) in [6.45, 7) is 5.45. The zero-order valence-corrected chi connectivity index (χ0v) is 9.70. The molecule has 0 atom stereocenters. The molecule has 0 aliphatic carbocycles. The lowest BCUT2D eigenvalue weighted by molar-refractivity contribution is 0.607. The second kappa shape index (κ2) is 4.82. The van der Waals surface area contributed by atoms with E-state index in [0.29, 0.717) is 0 Å². The van der Waals surface area contributed by atoms with Crippen LogP contribution < -0.4 is 5.32 Å². The van der Waals surface area contributed by atoms with E-state index in [2.05, 4.69) is 40.1 Å². The predicted octanol–water partition coefficient (Wildman–Crippen LogP) is 3.36. The van der Waals surface area contributed by atoms with E-state index in [-0.39, 0.29) is 0 Å². The van der Waals surface area contributed by atoms with Gasteiger partial charge in [-0.1, -0.05) is 25.2 Å². The third-order valence-electron chi connectivity index (χ3n) is 1.48. The molecule has 0 aliphatic heterocycles.